The molecule has 0 aromatic heterocycles. The Morgan fingerprint density at radius 1 is 1.19 bits per heavy atom. The number of hydrogen-bond acceptors (Lipinski definition) is 1. The molecular formula is C15H22O. The van der Waals surface area contributed by atoms with Crippen molar-refractivity contribution in [2.45, 2.75) is 47.0 Å². The molecule has 0 N–H and O–H groups in total. The summed E-state index contributed by atoms with van der Waals surface area (Å²) < 4.78 is 0. The van der Waals surface area contributed by atoms with Crippen molar-refractivity contribution < 1.29 is 4.79 Å². The highest BCUT2D eigenvalue weighted by Crippen LogP contribution is 2.18. The minimum Gasteiger partial charge on any atom is -0.299 e. The first-order valence-electron chi connectivity index (χ1n) is 6.04. The average Bonchev–Trinajstić information content (AvgIpc) is 2.25. The van der Waals surface area contributed by atoms with Crippen LogP contribution in [0.25, 0.3) is 0 Å². The molecule has 0 atom stereocenters. The van der Waals surface area contributed by atoms with E-state index >= 15 is 0 Å². The van der Waals surface area contributed by atoms with Crippen LogP contribution in [0.3, 0.4) is 0 Å². The van der Waals surface area contributed by atoms with Gasteiger partial charge in [0, 0.05) is 11.8 Å². The van der Waals surface area contributed by atoms with Gasteiger partial charge in [-0.2, -0.15) is 0 Å². The Bertz CT molecular complexity index is 358. The van der Waals surface area contributed by atoms with Crippen molar-refractivity contribution >= 4 is 5.78 Å². The average molecular weight is 218 g/mol. The van der Waals surface area contributed by atoms with Gasteiger partial charge in [-0.15, -0.1) is 0 Å². The lowest BCUT2D eigenvalue weighted by Crippen LogP contribution is -2.20. The summed E-state index contributed by atoms with van der Waals surface area (Å²) in [4.78, 5) is 11.8. The third-order valence-electron chi connectivity index (χ3n) is 2.88. The van der Waals surface area contributed by atoms with Crippen LogP contribution in [0.4, 0.5) is 0 Å². The molecule has 16 heavy (non-hydrogen) atoms. The summed E-state index contributed by atoms with van der Waals surface area (Å²) in [5, 5.41) is 0. The summed E-state index contributed by atoms with van der Waals surface area (Å²) in [6.45, 7) is 8.10. The SMILES string of the molecule is CCc1cccc(CCC(=O)C(C)(C)C)c1. The molecule has 1 nitrogen and oxygen atoms in total. The van der Waals surface area contributed by atoms with Crippen molar-refractivity contribution in [3.8, 4) is 0 Å². The number of benzene rings is 1. The molecule has 0 aliphatic carbocycles. The molecule has 1 aromatic rings. The van der Waals surface area contributed by atoms with Gasteiger partial charge in [0.05, 0.1) is 0 Å². The van der Waals surface area contributed by atoms with Crippen LogP contribution in [0.2, 0.25) is 0 Å². The maximum atomic E-state index is 11.8. The third-order valence-corrected chi connectivity index (χ3v) is 2.88. The summed E-state index contributed by atoms with van der Waals surface area (Å²) in [5.74, 6) is 0.342. The topological polar surface area (TPSA) is 17.1 Å². The van der Waals surface area contributed by atoms with Gasteiger partial charge in [0.2, 0.25) is 0 Å². The minimum absolute atomic E-state index is 0.206. The van der Waals surface area contributed by atoms with E-state index in [0.29, 0.717) is 12.2 Å². The Hall–Kier alpha value is -1.11. The van der Waals surface area contributed by atoms with E-state index in [1.54, 1.807) is 0 Å². The number of Topliss-reactive ketones (excluding diaryl/α,β-unsaturated/α-hetero) is 1. The second-order valence-electron chi connectivity index (χ2n) is 5.35. The Kier molecular flexibility index (Phi) is 4.28. The summed E-state index contributed by atoms with van der Waals surface area (Å²) in [5.41, 5.74) is 2.42. The fraction of sp³-hybridized carbons (Fsp3) is 0.533. The van der Waals surface area contributed by atoms with Crippen molar-refractivity contribution in [2.75, 3.05) is 0 Å². The summed E-state index contributed by atoms with van der Waals surface area (Å²) in [7, 11) is 0. The van der Waals surface area contributed by atoms with E-state index in [4.69, 9.17) is 0 Å². The first kappa shape index (κ1) is 13.0. The molecule has 0 unspecified atom stereocenters. The van der Waals surface area contributed by atoms with Crippen LogP contribution in [-0.4, -0.2) is 5.78 Å². The van der Waals surface area contributed by atoms with E-state index < -0.39 is 0 Å². The van der Waals surface area contributed by atoms with Gasteiger partial charge in [0.1, 0.15) is 5.78 Å². The molecule has 0 saturated carbocycles. The van der Waals surface area contributed by atoms with Gasteiger partial charge in [-0.05, 0) is 24.0 Å². The second kappa shape index (κ2) is 5.29. The lowest BCUT2D eigenvalue weighted by atomic mass is 9.87. The Morgan fingerprint density at radius 2 is 1.81 bits per heavy atom. The van der Waals surface area contributed by atoms with Crippen LogP contribution < -0.4 is 0 Å². The molecule has 1 aromatic carbocycles. The molecular weight excluding hydrogens is 196 g/mol. The number of carbonyl (C=O) groups excluding carboxylic acids is 1. The van der Waals surface area contributed by atoms with Gasteiger partial charge in [-0.1, -0.05) is 52.0 Å². The standard InChI is InChI=1S/C15H22O/c1-5-12-7-6-8-13(11-12)9-10-14(16)15(2,3)4/h6-8,11H,5,9-10H2,1-4H3. The zero-order valence-electron chi connectivity index (χ0n) is 10.8. The van der Waals surface area contributed by atoms with Crippen molar-refractivity contribution in [1.29, 1.82) is 0 Å². The van der Waals surface area contributed by atoms with E-state index in [9.17, 15) is 4.79 Å². The molecule has 0 bridgehead atoms. The largest absolute Gasteiger partial charge is 0.299 e. The monoisotopic (exact) mass is 218 g/mol. The fourth-order valence-corrected chi connectivity index (χ4v) is 1.64. The molecule has 0 aliphatic heterocycles. The van der Waals surface area contributed by atoms with E-state index in [2.05, 4.69) is 31.2 Å². The van der Waals surface area contributed by atoms with Crippen LogP contribution in [0.15, 0.2) is 24.3 Å². The Labute approximate surface area is 98.9 Å². The molecule has 0 saturated heterocycles. The van der Waals surface area contributed by atoms with Crippen LogP contribution in [-0.2, 0) is 17.6 Å². The number of hydrogen-bond donors (Lipinski definition) is 0. The smallest absolute Gasteiger partial charge is 0.138 e. The van der Waals surface area contributed by atoms with Gasteiger partial charge in [-0.3, -0.25) is 4.79 Å². The highest BCUT2D eigenvalue weighted by Gasteiger charge is 2.20. The number of rotatable bonds is 4. The maximum Gasteiger partial charge on any atom is 0.138 e. The van der Waals surface area contributed by atoms with Gasteiger partial charge in [0.15, 0.2) is 0 Å². The van der Waals surface area contributed by atoms with Gasteiger partial charge >= 0.3 is 0 Å². The van der Waals surface area contributed by atoms with Gasteiger partial charge in [0.25, 0.3) is 0 Å². The van der Waals surface area contributed by atoms with Crippen molar-refractivity contribution in [3.05, 3.63) is 35.4 Å². The van der Waals surface area contributed by atoms with E-state index in [0.717, 1.165) is 12.8 Å². The van der Waals surface area contributed by atoms with Crippen LogP contribution >= 0.6 is 0 Å². The van der Waals surface area contributed by atoms with Crippen LogP contribution in [0.1, 0.15) is 45.2 Å². The van der Waals surface area contributed by atoms with Gasteiger partial charge < -0.3 is 0 Å². The summed E-state index contributed by atoms with van der Waals surface area (Å²) in [6, 6.07) is 8.52. The van der Waals surface area contributed by atoms with Crippen molar-refractivity contribution in [1.82, 2.24) is 0 Å². The normalized spacial score (nSPS) is 11.5. The third kappa shape index (κ3) is 3.80. The lowest BCUT2D eigenvalue weighted by Gasteiger charge is -2.16. The van der Waals surface area contributed by atoms with Crippen LogP contribution in [0.5, 0.6) is 0 Å². The highest BCUT2D eigenvalue weighted by molar-refractivity contribution is 5.83. The summed E-state index contributed by atoms with van der Waals surface area (Å²) >= 11 is 0. The second-order valence-corrected chi connectivity index (χ2v) is 5.35. The van der Waals surface area contributed by atoms with Crippen LogP contribution in [0, 0.1) is 5.41 Å². The first-order valence-corrected chi connectivity index (χ1v) is 6.04. The maximum absolute atomic E-state index is 11.8. The predicted molar refractivity (Wildman–Crippen MR) is 68.6 cm³/mol. The Balaban J connectivity index is 2.58. The van der Waals surface area contributed by atoms with Gasteiger partial charge in [-0.25, -0.2) is 0 Å². The predicted octanol–water partition coefficient (Wildman–Crippen LogP) is 3.80. The summed E-state index contributed by atoms with van der Waals surface area (Å²) in [6.07, 6.45) is 2.57. The zero-order valence-corrected chi connectivity index (χ0v) is 10.8. The van der Waals surface area contributed by atoms with E-state index in [1.807, 2.05) is 20.8 Å². The Morgan fingerprint density at radius 3 is 2.38 bits per heavy atom. The lowest BCUT2D eigenvalue weighted by molar-refractivity contribution is -0.126. The minimum atomic E-state index is -0.206. The highest BCUT2D eigenvalue weighted by atomic mass is 16.1. The molecule has 0 spiro atoms. The first-order chi connectivity index (χ1) is 7.43. The molecule has 0 aliphatic rings. The molecule has 88 valence electrons. The number of ketones is 1. The van der Waals surface area contributed by atoms with E-state index in [-0.39, 0.29) is 5.41 Å². The van der Waals surface area contributed by atoms with Crippen molar-refractivity contribution in [2.24, 2.45) is 5.41 Å². The zero-order chi connectivity index (χ0) is 12.2. The quantitative estimate of drug-likeness (QED) is 0.751. The molecule has 1 heteroatoms. The fourth-order valence-electron chi connectivity index (χ4n) is 1.64. The van der Waals surface area contributed by atoms with E-state index in [1.165, 1.54) is 11.1 Å². The molecule has 0 amide bonds. The molecule has 0 radical (unpaired) electrons. The van der Waals surface area contributed by atoms with Crippen molar-refractivity contribution in [3.63, 3.8) is 0 Å². The molecule has 0 heterocycles. The number of aryl methyl sites for hydroxylation is 2. The molecule has 0 fully saturated rings. The number of carbonyl (C=O) groups is 1. The molecule has 1 rings (SSSR count).